The molecular formula is C20H21ClN6O. The Hall–Kier alpha value is -3.06. The molecule has 2 heterocycles. The van der Waals surface area contributed by atoms with Gasteiger partial charge in [-0.3, -0.25) is 0 Å². The van der Waals surface area contributed by atoms with E-state index in [1.54, 1.807) is 13.3 Å². The molecule has 1 fully saturated rings. The van der Waals surface area contributed by atoms with Crippen LogP contribution in [0.25, 0.3) is 0 Å². The molecule has 4 rings (SSSR count). The Labute approximate surface area is 168 Å². The predicted octanol–water partition coefficient (Wildman–Crippen LogP) is 3.60. The topological polar surface area (TPSA) is 66.4 Å². The van der Waals surface area contributed by atoms with Crippen LogP contribution in [-0.2, 0) is 0 Å². The van der Waals surface area contributed by atoms with E-state index in [9.17, 15) is 0 Å². The molecule has 0 spiro atoms. The van der Waals surface area contributed by atoms with Crippen LogP contribution >= 0.6 is 11.6 Å². The van der Waals surface area contributed by atoms with Gasteiger partial charge in [-0.25, -0.2) is 0 Å². The van der Waals surface area contributed by atoms with E-state index in [0.29, 0.717) is 11.8 Å². The summed E-state index contributed by atoms with van der Waals surface area (Å²) in [4.78, 5) is 9.08. The third kappa shape index (κ3) is 4.26. The number of rotatable bonds is 5. The summed E-state index contributed by atoms with van der Waals surface area (Å²) in [6, 6.07) is 15.6. The Morgan fingerprint density at radius 3 is 2.57 bits per heavy atom. The quantitative estimate of drug-likeness (QED) is 0.706. The maximum absolute atomic E-state index is 6.11. The van der Waals surface area contributed by atoms with Crippen molar-refractivity contribution in [2.75, 3.05) is 48.4 Å². The number of hydrogen-bond acceptors (Lipinski definition) is 7. The van der Waals surface area contributed by atoms with Crippen LogP contribution in [0, 0.1) is 0 Å². The van der Waals surface area contributed by atoms with Gasteiger partial charge < -0.3 is 19.9 Å². The first-order chi connectivity index (χ1) is 13.7. The minimum absolute atomic E-state index is 0.624. The summed E-state index contributed by atoms with van der Waals surface area (Å²) in [5.74, 6) is 2.05. The average molecular weight is 397 g/mol. The molecule has 1 aromatic heterocycles. The molecule has 0 bridgehead atoms. The zero-order chi connectivity index (χ0) is 19.3. The SMILES string of the molecule is COc1cccc(Nc2cnnc(N3CCN(c4cccc(Cl)c4)CC3)n2)c1. The lowest BCUT2D eigenvalue weighted by molar-refractivity contribution is 0.415. The summed E-state index contributed by atoms with van der Waals surface area (Å²) in [6.45, 7) is 3.38. The third-order valence-electron chi connectivity index (χ3n) is 4.63. The van der Waals surface area contributed by atoms with Gasteiger partial charge in [0.2, 0.25) is 5.95 Å². The molecule has 0 aliphatic carbocycles. The van der Waals surface area contributed by atoms with Crippen LogP contribution in [0.5, 0.6) is 5.75 Å². The number of nitrogens with zero attached hydrogens (tertiary/aromatic N) is 5. The summed E-state index contributed by atoms with van der Waals surface area (Å²) >= 11 is 6.11. The highest BCUT2D eigenvalue weighted by Crippen LogP contribution is 2.23. The second-order valence-corrected chi connectivity index (χ2v) is 6.89. The molecular weight excluding hydrogens is 376 g/mol. The van der Waals surface area contributed by atoms with E-state index in [1.165, 1.54) is 0 Å². The maximum Gasteiger partial charge on any atom is 0.247 e. The minimum atomic E-state index is 0.624. The Balaban J connectivity index is 1.42. The van der Waals surface area contributed by atoms with E-state index < -0.39 is 0 Å². The van der Waals surface area contributed by atoms with Crippen LogP contribution in [0.4, 0.5) is 23.1 Å². The largest absolute Gasteiger partial charge is 0.497 e. The Kier molecular flexibility index (Phi) is 5.43. The van der Waals surface area contributed by atoms with Gasteiger partial charge >= 0.3 is 0 Å². The molecule has 1 aliphatic heterocycles. The van der Waals surface area contributed by atoms with Gasteiger partial charge in [-0.15, -0.1) is 5.10 Å². The fraction of sp³-hybridized carbons (Fsp3) is 0.250. The van der Waals surface area contributed by atoms with Gasteiger partial charge in [0.15, 0.2) is 5.82 Å². The van der Waals surface area contributed by atoms with E-state index in [2.05, 4.69) is 36.4 Å². The fourth-order valence-corrected chi connectivity index (χ4v) is 3.36. The van der Waals surface area contributed by atoms with Crippen molar-refractivity contribution in [1.82, 2.24) is 15.2 Å². The lowest BCUT2D eigenvalue weighted by atomic mass is 10.2. The van der Waals surface area contributed by atoms with Crippen molar-refractivity contribution in [3.05, 3.63) is 59.8 Å². The molecule has 1 saturated heterocycles. The number of benzene rings is 2. The van der Waals surface area contributed by atoms with Gasteiger partial charge in [-0.05, 0) is 30.3 Å². The Morgan fingerprint density at radius 2 is 1.79 bits per heavy atom. The maximum atomic E-state index is 6.11. The Bertz CT molecular complexity index is 945. The molecule has 0 radical (unpaired) electrons. The summed E-state index contributed by atoms with van der Waals surface area (Å²) in [5.41, 5.74) is 2.02. The smallest absolute Gasteiger partial charge is 0.247 e. The molecule has 7 nitrogen and oxygen atoms in total. The number of aromatic nitrogens is 3. The number of piperazine rings is 1. The standard InChI is InChI=1S/C20H21ClN6O/c1-28-18-7-3-5-16(13-18)23-19-14-22-25-20(24-19)27-10-8-26(9-11-27)17-6-2-4-15(21)12-17/h2-7,12-14H,8-11H2,1H3,(H,23,24,25). The normalized spacial score (nSPS) is 14.1. The second kappa shape index (κ2) is 8.31. The lowest BCUT2D eigenvalue weighted by Gasteiger charge is -2.36. The van der Waals surface area contributed by atoms with Gasteiger partial charge in [0.1, 0.15) is 5.75 Å². The Morgan fingerprint density at radius 1 is 1.00 bits per heavy atom. The number of halogens is 1. The van der Waals surface area contributed by atoms with Gasteiger partial charge in [0, 0.05) is 48.6 Å². The molecule has 0 unspecified atom stereocenters. The summed E-state index contributed by atoms with van der Waals surface area (Å²) in [7, 11) is 1.65. The van der Waals surface area contributed by atoms with Crippen molar-refractivity contribution in [2.45, 2.75) is 0 Å². The number of hydrogen-bond donors (Lipinski definition) is 1. The van der Waals surface area contributed by atoms with Crippen molar-refractivity contribution in [3.8, 4) is 5.75 Å². The predicted molar refractivity (Wildman–Crippen MR) is 112 cm³/mol. The minimum Gasteiger partial charge on any atom is -0.497 e. The molecule has 0 amide bonds. The van der Waals surface area contributed by atoms with Crippen molar-refractivity contribution in [2.24, 2.45) is 0 Å². The molecule has 144 valence electrons. The fourth-order valence-electron chi connectivity index (χ4n) is 3.17. The highest BCUT2D eigenvalue weighted by atomic mass is 35.5. The van der Waals surface area contributed by atoms with Crippen molar-refractivity contribution >= 4 is 34.7 Å². The highest BCUT2D eigenvalue weighted by molar-refractivity contribution is 6.30. The lowest BCUT2D eigenvalue weighted by Crippen LogP contribution is -2.47. The van der Waals surface area contributed by atoms with Crippen molar-refractivity contribution in [1.29, 1.82) is 0 Å². The van der Waals surface area contributed by atoms with Crippen LogP contribution in [-0.4, -0.2) is 48.5 Å². The number of ether oxygens (including phenoxy) is 1. The van der Waals surface area contributed by atoms with Gasteiger partial charge in [-0.2, -0.15) is 10.1 Å². The molecule has 1 N–H and O–H groups in total. The molecule has 8 heteroatoms. The first kappa shape index (κ1) is 18.3. The summed E-state index contributed by atoms with van der Waals surface area (Å²) in [5, 5.41) is 12.3. The molecule has 0 saturated carbocycles. The third-order valence-corrected chi connectivity index (χ3v) is 4.86. The van der Waals surface area contributed by atoms with Crippen molar-refractivity contribution < 1.29 is 4.74 Å². The highest BCUT2D eigenvalue weighted by Gasteiger charge is 2.20. The first-order valence-corrected chi connectivity index (χ1v) is 9.45. The number of nitrogens with one attached hydrogen (secondary N) is 1. The van der Waals surface area contributed by atoms with Crippen LogP contribution in [0.1, 0.15) is 0 Å². The van der Waals surface area contributed by atoms with Gasteiger partial charge in [-0.1, -0.05) is 23.7 Å². The van der Waals surface area contributed by atoms with Crippen LogP contribution in [0.15, 0.2) is 54.7 Å². The molecule has 3 aromatic rings. The van der Waals surface area contributed by atoms with Crippen LogP contribution < -0.4 is 19.9 Å². The van der Waals surface area contributed by atoms with Gasteiger partial charge in [0.05, 0.1) is 13.3 Å². The van der Waals surface area contributed by atoms with E-state index in [1.807, 2.05) is 42.5 Å². The molecule has 0 atom stereocenters. The average Bonchev–Trinajstić information content (AvgIpc) is 2.74. The zero-order valence-corrected chi connectivity index (χ0v) is 16.3. The van der Waals surface area contributed by atoms with E-state index >= 15 is 0 Å². The number of methoxy groups -OCH3 is 1. The van der Waals surface area contributed by atoms with Crippen LogP contribution in [0.2, 0.25) is 5.02 Å². The zero-order valence-electron chi connectivity index (χ0n) is 15.5. The van der Waals surface area contributed by atoms with E-state index in [4.69, 9.17) is 16.3 Å². The van der Waals surface area contributed by atoms with Crippen molar-refractivity contribution in [3.63, 3.8) is 0 Å². The van der Waals surface area contributed by atoms with Gasteiger partial charge in [0.25, 0.3) is 0 Å². The molecule has 2 aromatic carbocycles. The number of anilines is 4. The van der Waals surface area contributed by atoms with E-state index in [-0.39, 0.29) is 0 Å². The molecule has 1 aliphatic rings. The summed E-state index contributed by atoms with van der Waals surface area (Å²) in [6.07, 6.45) is 1.62. The van der Waals surface area contributed by atoms with E-state index in [0.717, 1.165) is 48.3 Å². The summed E-state index contributed by atoms with van der Waals surface area (Å²) < 4.78 is 5.26. The monoisotopic (exact) mass is 396 g/mol. The molecule has 28 heavy (non-hydrogen) atoms. The first-order valence-electron chi connectivity index (χ1n) is 9.07. The van der Waals surface area contributed by atoms with Crippen LogP contribution in [0.3, 0.4) is 0 Å². The second-order valence-electron chi connectivity index (χ2n) is 6.45.